The van der Waals surface area contributed by atoms with Crippen LogP contribution in [0.2, 0.25) is 0 Å². The SMILES string of the molecule is CC1CCCC(C2CN=CO2)C1. The van der Waals surface area contributed by atoms with E-state index < -0.39 is 0 Å². The molecule has 1 saturated carbocycles. The molecule has 1 heterocycles. The van der Waals surface area contributed by atoms with E-state index in [-0.39, 0.29) is 0 Å². The summed E-state index contributed by atoms with van der Waals surface area (Å²) in [6, 6.07) is 0. The molecule has 1 fully saturated rings. The fourth-order valence-electron chi connectivity index (χ4n) is 2.39. The Kier molecular flexibility index (Phi) is 2.33. The molecule has 3 atom stereocenters. The lowest BCUT2D eigenvalue weighted by Crippen LogP contribution is -2.27. The second kappa shape index (κ2) is 3.46. The van der Waals surface area contributed by atoms with Crippen LogP contribution in [-0.4, -0.2) is 19.0 Å². The minimum Gasteiger partial charge on any atom is -0.478 e. The Labute approximate surface area is 74.0 Å². The van der Waals surface area contributed by atoms with E-state index in [9.17, 15) is 0 Å². The van der Waals surface area contributed by atoms with Crippen LogP contribution in [0, 0.1) is 11.8 Å². The molecule has 2 heteroatoms. The van der Waals surface area contributed by atoms with Crippen molar-refractivity contribution in [1.82, 2.24) is 0 Å². The lowest BCUT2D eigenvalue weighted by molar-refractivity contribution is 0.111. The average Bonchev–Trinajstić information content (AvgIpc) is 2.56. The number of ether oxygens (including phenoxy) is 1. The summed E-state index contributed by atoms with van der Waals surface area (Å²) in [6.07, 6.45) is 7.51. The normalized spacial score (nSPS) is 41.2. The van der Waals surface area contributed by atoms with Crippen LogP contribution in [0.1, 0.15) is 32.6 Å². The maximum absolute atomic E-state index is 5.45. The average molecular weight is 167 g/mol. The predicted octanol–water partition coefficient (Wildman–Crippen LogP) is 2.24. The summed E-state index contributed by atoms with van der Waals surface area (Å²) in [7, 11) is 0. The Morgan fingerprint density at radius 2 is 2.33 bits per heavy atom. The number of hydrogen-bond donors (Lipinski definition) is 0. The molecule has 0 aromatic carbocycles. The topological polar surface area (TPSA) is 21.6 Å². The third kappa shape index (κ3) is 1.62. The molecule has 0 bridgehead atoms. The van der Waals surface area contributed by atoms with Gasteiger partial charge < -0.3 is 4.74 Å². The summed E-state index contributed by atoms with van der Waals surface area (Å²) >= 11 is 0. The highest BCUT2D eigenvalue weighted by Crippen LogP contribution is 2.32. The van der Waals surface area contributed by atoms with Crippen molar-refractivity contribution in [2.24, 2.45) is 16.8 Å². The van der Waals surface area contributed by atoms with Crippen LogP contribution in [0.4, 0.5) is 0 Å². The number of rotatable bonds is 1. The van der Waals surface area contributed by atoms with Crippen LogP contribution in [-0.2, 0) is 4.74 Å². The molecule has 68 valence electrons. The van der Waals surface area contributed by atoms with Crippen molar-refractivity contribution >= 4 is 6.40 Å². The quantitative estimate of drug-likeness (QED) is 0.587. The van der Waals surface area contributed by atoms with Gasteiger partial charge in [-0.25, -0.2) is 0 Å². The largest absolute Gasteiger partial charge is 0.478 e. The molecule has 0 amide bonds. The van der Waals surface area contributed by atoms with Crippen LogP contribution in [0.5, 0.6) is 0 Å². The zero-order valence-electron chi connectivity index (χ0n) is 7.70. The highest BCUT2D eigenvalue weighted by atomic mass is 16.5. The van der Waals surface area contributed by atoms with E-state index in [2.05, 4.69) is 11.9 Å². The minimum atomic E-state index is 0.410. The Hall–Kier alpha value is -0.530. The number of nitrogens with zero attached hydrogens (tertiary/aromatic N) is 1. The van der Waals surface area contributed by atoms with Gasteiger partial charge in [-0.1, -0.05) is 19.8 Å². The molecule has 0 radical (unpaired) electrons. The zero-order valence-corrected chi connectivity index (χ0v) is 7.70. The first-order valence-corrected chi connectivity index (χ1v) is 5.00. The summed E-state index contributed by atoms with van der Waals surface area (Å²) in [5, 5.41) is 0. The van der Waals surface area contributed by atoms with Gasteiger partial charge in [-0.2, -0.15) is 0 Å². The van der Waals surface area contributed by atoms with Gasteiger partial charge in [-0.05, 0) is 24.7 Å². The lowest BCUT2D eigenvalue weighted by atomic mass is 9.79. The molecule has 0 aromatic heterocycles. The maximum atomic E-state index is 5.45. The van der Waals surface area contributed by atoms with Crippen molar-refractivity contribution in [2.75, 3.05) is 6.54 Å². The van der Waals surface area contributed by atoms with Gasteiger partial charge in [0.15, 0.2) is 6.40 Å². The zero-order chi connectivity index (χ0) is 8.39. The summed E-state index contributed by atoms with van der Waals surface area (Å²) in [6.45, 7) is 3.25. The molecule has 2 rings (SSSR count). The van der Waals surface area contributed by atoms with Crippen LogP contribution < -0.4 is 0 Å². The van der Waals surface area contributed by atoms with Gasteiger partial charge in [0, 0.05) is 0 Å². The van der Waals surface area contributed by atoms with E-state index in [1.54, 1.807) is 6.40 Å². The molecule has 0 spiro atoms. The van der Waals surface area contributed by atoms with E-state index in [0.29, 0.717) is 6.10 Å². The van der Waals surface area contributed by atoms with Gasteiger partial charge in [-0.3, -0.25) is 4.99 Å². The van der Waals surface area contributed by atoms with Gasteiger partial charge in [0.1, 0.15) is 6.10 Å². The van der Waals surface area contributed by atoms with E-state index in [4.69, 9.17) is 4.74 Å². The summed E-state index contributed by atoms with van der Waals surface area (Å²) in [5.41, 5.74) is 0. The smallest absolute Gasteiger partial charge is 0.170 e. The first-order valence-electron chi connectivity index (χ1n) is 5.00. The summed E-state index contributed by atoms with van der Waals surface area (Å²) in [4.78, 5) is 4.12. The van der Waals surface area contributed by atoms with Crippen molar-refractivity contribution in [3.8, 4) is 0 Å². The maximum Gasteiger partial charge on any atom is 0.170 e. The highest BCUT2D eigenvalue weighted by Gasteiger charge is 2.28. The first-order chi connectivity index (χ1) is 5.86. The van der Waals surface area contributed by atoms with Crippen LogP contribution in [0.3, 0.4) is 0 Å². The van der Waals surface area contributed by atoms with Crippen molar-refractivity contribution in [3.63, 3.8) is 0 Å². The summed E-state index contributed by atoms with van der Waals surface area (Å²) in [5.74, 6) is 1.67. The van der Waals surface area contributed by atoms with Gasteiger partial charge >= 0.3 is 0 Å². The van der Waals surface area contributed by atoms with Gasteiger partial charge in [0.25, 0.3) is 0 Å². The van der Waals surface area contributed by atoms with Crippen molar-refractivity contribution < 1.29 is 4.74 Å². The second-order valence-electron chi connectivity index (χ2n) is 4.18. The molecule has 0 aromatic rings. The highest BCUT2D eigenvalue weighted by molar-refractivity contribution is 5.48. The van der Waals surface area contributed by atoms with E-state index in [0.717, 1.165) is 18.4 Å². The van der Waals surface area contributed by atoms with Crippen LogP contribution in [0.25, 0.3) is 0 Å². The van der Waals surface area contributed by atoms with Gasteiger partial charge in [0.05, 0.1) is 6.54 Å². The first kappa shape index (κ1) is 8.09. The van der Waals surface area contributed by atoms with Crippen molar-refractivity contribution in [1.29, 1.82) is 0 Å². The molecule has 12 heavy (non-hydrogen) atoms. The molecule has 1 aliphatic carbocycles. The standard InChI is InChI=1S/C10H17NO/c1-8-3-2-4-9(5-8)10-6-11-7-12-10/h7-10H,2-6H2,1H3. The molecule has 0 saturated heterocycles. The van der Waals surface area contributed by atoms with Crippen LogP contribution in [0.15, 0.2) is 4.99 Å². The number of hydrogen-bond acceptors (Lipinski definition) is 2. The fraction of sp³-hybridized carbons (Fsp3) is 0.900. The summed E-state index contributed by atoms with van der Waals surface area (Å²) < 4.78 is 5.45. The predicted molar refractivity (Wildman–Crippen MR) is 49.4 cm³/mol. The lowest BCUT2D eigenvalue weighted by Gasteiger charge is -2.29. The third-order valence-electron chi connectivity index (χ3n) is 3.10. The second-order valence-corrected chi connectivity index (χ2v) is 4.18. The van der Waals surface area contributed by atoms with Gasteiger partial charge in [0.2, 0.25) is 0 Å². The monoisotopic (exact) mass is 167 g/mol. The molecule has 2 aliphatic rings. The molecule has 2 nitrogen and oxygen atoms in total. The Morgan fingerprint density at radius 3 is 3.00 bits per heavy atom. The van der Waals surface area contributed by atoms with Crippen molar-refractivity contribution in [3.05, 3.63) is 0 Å². The molecule has 1 aliphatic heterocycles. The van der Waals surface area contributed by atoms with E-state index in [1.165, 1.54) is 25.7 Å². The molecular formula is C10H17NO. The molecular weight excluding hydrogens is 150 g/mol. The fourth-order valence-corrected chi connectivity index (χ4v) is 2.39. The van der Waals surface area contributed by atoms with Gasteiger partial charge in [-0.15, -0.1) is 0 Å². The Balaban J connectivity index is 1.86. The van der Waals surface area contributed by atoms with E-state index in [1.807, 2.05) is 0 Å². The number of aliphatic imine (C=N–C) groups is 1. The Bertz CT molecular complexity index is 171. The molecule has 0 N–H and O–H groups in total. The van der Waals surface area contributed by atoms with Crippen LogP contribution >= 0.6 is 0 Å². The van der Waals surface area contributed by atoms with E-state index >= 15 is 0 Å². The Morgan fingerprint density at radius 1 is 1.42 bits per heavy atom. The minimum absolute atomic E-state index is 0.410. The third-order valence-corrected chi connectivity index (χ3v) is 3.10. The molecule has 3 unspecified atom stereocenters. The van der Waals surface area contributed by atoms with Crippen molar-refractivity contribution in [2.45, 2.75) is 38.7 Å².